The van der Waals surface area contributed by atoms with Crippen LogP contribution >= 0.6 is 23.5 Å². The first-order valence-corrected chi connectivity index (χ1v) is 7.58. The average Bonchev–Trinajstić information content (AvgIpc) is 2.64. The predicted molar refractivity (Wildman–Crippen MR) is 71.9 cm³/mol. The smallest absolute Gasteiger partial charge is 0.126 e. The maximum Gasteiger partial charge on any atom is 0.126 e. The number of para-hydroxylation sites is 1. The van der Waals surface area contributed by atoms with Crippen molar-refractivity contribution in [2.24, 2.45) is 0 Å². The topological polar surface area (TPSA) is 3.24 Å². The SMILES string of the molecule is CCCCN1c2ccccc2SC1SC. The second kappa shape index (κ2) is 5.17. The fourth-order valence-electron chi connectivity index (χ4n) is 1.81. The van der Waals surface area contributed by atoms with Gasteiger partial charge in [0.1, 0.15) is 4.71 Å². The molecule has 1 unspecified atom stereocenters. The Morgan fingerprint density at radius 3 is 2.93 bits per heavy atom. The minimum absolute atomic E-state index is 0.578. The highest BCUT2D eigenvalue weighted by molar-refractivity contribution is 8.17. The van der Waals surface area contributed by atoms with E-state index in [0.717, 1.165) is 0 Å². The molecule has 15 heavy (non-hydrogen) atoms. The van der Waals surface area contributed by atoms with Crippen molar-refractivity contribution < 1.29 is 0 Å². The molecule has 1 aliphatic heterocycles. The minimum atomic E-state index is 0.578. The van der Waals surface area contributed by atoms with Gasteiger partial charge in [0.25, 0.3) is 0 Å². The highest BCUT2D eigenvalue weighted by Crippen LogP contribution is 2.46. The Morgan fingerprint density at radius 1 is 1.40 bits per heavy atom. The van der Waals surface area contributed by atoms with Crippen LogP contribution in [0, 0.1) is 0 Å². The average molecular weight is 239 g/mol. The Balaban J connectivity index is 2.18. The van der Waals surface area contributed by atoms with E-state index in [4.69, 9.17) is 0 Å². The number of unbranched alkanes of at least 4 members (excludes halogenated alkanes) is 1. The van der Waals surface area contributed by atoms with Gasteiger partial charge in [-0.15, -0.1) is 11.8 Å². The summed E-state index contributed by atoms with van der Waals surface area (Å²) in [4.78, 5) is 3.97. The number of hydrogen-bond acceptors (Lipinski definition) is 3. The van der Waals surface area contributed by atoms with E-state index in [0.29, 0.717) is 4.71 Å². The van der Waals surface area contributed by atoms with E-state index in [1.165, 1.54) is 30.0 Å². The van der Waals surface area contributed by atoms with Crippen LogP contribution in [0.2, 0.25) is 0 Å². The van der Waals surface area contributed by atoms with Crippen molar-refractivity contribution in [2.75, 3.05) is 17.7 Å². The predicted octanol–water partition coefficient (Wildman–Crippen LogP) is 4.05. The van der Waals surface area contributed by atoms with E-state index in [9.17, 15) is 0 Å². The van der Waals surface area contributed by atoms with E-state index >= 15 is 0 Å². The molecule has 0 radical (unpaired) electrons. The van der Waals surface area contributed by atoms with Crippen molar-refractivity contribution >= 4 is 29.2 Å². The molecule has 1 atom stereocenters. The van der Waals surface area contributed by atoms with Crippen molar-refractivity contribution in [3.63, 3.8) is 0 Å². The molecule has 0 spiro atoms. The molecule has 0 aliphatic carbocycles. The molecule has 2 rings (SSSR count). The number of thioether (sulfide) groups is 2. The molecule has 1 aromatic rings. The summed E-state index contributed by atoms with van der Waals surface area (Å²) in [5.41, 5.74) is 1.43. The lowest BCUT2D eigenvalue weighted by atomic mass is 10.2. The molecule has 1 aliphatic rings. The second-order valence-corrected chi connectivity index (χ2v) is 6.01. The van der Waals surface area contributed by atoms with Crippen molar-refractivity contribution in [3.8, 4) is 0 Å². The summed E-state index contributed by atoms with van der Waals surface area (Å²) >= 11 is 3.92. The lowest BCUT2D eigenvalue weighted by molar-refractivity contribution is 0.752. The van der Waals surface area contributed by atoms with E-state index in [1.54, 1.807) is 0 Å². The first kappa shape index (κ1) is 11.2. The molecule has 0 saturated carbocycles. The number of nitrogens with zero attached hydrogens (tertiary/aromatic N) is 1. The van der Waals surface area contributed by atoms with Gasteiger partial charge in [0.15, 0.2) is 0 Å². The number of benzene rings is 1. The lowest BCUT2D eigenvalue weighted by Crippen LogP contribution is -2.27. The number of hydrogen-bond donors (Lipinski definition) is 0. The molecule has 3 heteroatoms. The quantitative estimate of drug-likeness (QED) is 0.780. The minimum Gasteiger partial charge on any atom is -0.350 e. The summed E-state index contributed by atoms with van der Waals surface area (Å²) in [6.45, 7) is 3.44. The van der Waals surface area contributed by atoms with E-state index in [-0.39, 0.29) is 0 Å². The Bertz CT molecular complexity index is 327. The Hall–Kier alpha value is -0.280. The fourth-order valence-corrected chi connectivity index (χ4v) is 4.01. The first-order valence-electron chi connectivity index (χ1n) is 5.42. The standard InChI is InChI=1S/C12H17NS2/c1-3-4-9-13-10-7-5-6-8-11(10)15-12(13)14-2/h5-8,12H,3-4,9H2,1-2H3. The number of fused-ring (bicyclic) bond motifs is 1. The highest BCUT2D eigenvalue weighted by atomic mass is 32.2. The molecule has 0 amide bonds. The molecular weight excluding hydrogens is 222 g/mol. The summed E-state index contributed by atoms with van der Waals surface area (Å²) < 4.78 is 0.578. The summed E-state index contributed by atoms with van der Waals surface area (Å²) in [5.74, 6) is 0. The lowest BCUT2D eigenvalue weighted by Gasteiger charge is -2.24. The van der Waals surface area contributed by atoms with Crippen LogP contribution < -0.4 is 4.90 Å². The molecule has 0 aromatic heterocycles. The van der Waals surface area contributed by atoms with Crippen LogP contribution in [0.15, 0.2) is 29.2 Å². The third-order valence-corrected chi connectivity index (χ3v) is 5.19. The second-order valence-electron chi connectivity index (χ2n) is 3.68. The van der Waals surface area contributed by atoms with Gasteiger partial charge in [-0.3, -0.25) is 0 Å². The van der Waals surface area contributed by atoms with Gasteiger partial charge < -0.3 is 4.90 Å². The zero-order chi connectivity index (χ0) is 10.7. The molecule has 82 valence electrons. The normalized spacial score (nSPS) is 19.3. The first-order chi connectivity index (χ1) is 7.36. The van der Waals surface area contributed by atoms with Gasteiger partial charge in [0.2, 0.25) is 0 Å². The van der Waals surface area contributed by atoms with Crippen LogP contribution in [0.3, 0.4) is 0 Å². The van der Waals surface area contributed by atoms with Gasteiger partial charge in [-0.05, 0) is 24.8 Å². The Labute approximate surface area is 101 Å². The maximum absolute atomic E-state index is 2.54. The van der Waals surface area contributed by atoms with Gasteiger partial charge in [-0.25, -0.2) is 0 Å². The van der Waals surface area contributed by atoms with Crippen LogP contribution in [-0.4, -0.2) is 17.5 Å². The van der Waals surface area contributed by atoms with Crippen molar-refractivity contribution in [3.05, 3.63) is 24.3 Å². The Kier molecular flexibility index (Phi) is 3.87. The number of rotatable bonds is 4. The van der Waals surface area contributed by atoms with Gasteiger partial charge in [-0.1, -0.05) is 37.2 Å². The molecule has 0 N–H and O–H groups in total. The maximum atomic E-state index is 2.54. The third-order valence-electron chi connectivity index (χ3n) is 2.61. The van der Waals surface area contributed by atoms with E-state index in [1.807, 2.05) is 23.5 Å². The van der Waals surface area contributed by atoms with Gasteiger partial charge in [0, 0.05) is 11.4 Å². The van der Waals surface area contributed by atoms with Gasteiger partial charge >= 0.3 is 0 Å². The molecule has 0 bridgehead atoms. The largest absolute Gasteiger partial charge is 0.350 e. The van der Waals surface area contributed by atoms with Crippen molar-refractivity contribution in [1.29, 1.82) is 0 Å². The monoisotopic (exact) mass is 239 g/mol. The molecular formula is C12H17NS2. The van der Waals surface area contributed by atoms with Crippen LogP contribution in [0.25, 0.3) is 0 Å². The van der Waals surface area contributed by atoms with Crippen LogP contribution in [-0.2, 0) is 0 Å². The summed E-state index contributed by atoms with van der Waals surface area (Å²) in [6.07, 6.45) is 4.75. The summed E-state index contributed by atoms with van der Waals surface area (Å²) in [6, 6.07) is 8.75. The Morgan fingerprint density at radius 2 is 2.20 bits per heavy atom. The molecule has 1 nitrogen and oxygen atoms in total. The van der Waals surface area contributed by atoms with Crippen molar-refractivity contribution in [1.82, 2.24) is 0 Å². The summed E-state index contributed by atoms with van der Waals surface area (Å²) in [5, 5.41) is 0. The van der Waals surface area contributed by atoms with Crippen LogP contribution in [0.4, 0.5) is 5.69 Å². The van der Waals surface area contributed by atoms with Crippen molar-refractivity contribution in [2.45, 2.75) is 29.4 Å². The molecule has 0 fully saturated rings. The molecule has 1 aromatic carbocycles. The van der Waals surface area contributed by atoms with E-state index < -0.39 is 0 Å². The third kappa shape index (κ3) is 2.28. The highest BCUT2D eigenvalue weighted by Gasteiger charge is 2.28. The van der Waals surface area contributed by atoms with Crippen LogP contribution in [0.1, 0.15) is 19.8 Å². The van der Waals surface area contributed by atoms with E-state index in [2.05, 4.69) is 42.3 Å². The van der Waals surface area contributed by atoms with Gasteiger partial charge in [0.05, 0.1) is 5.69 Å². The van der Waals surface area contributed by atoms with Crippen LogP contribution in [0.5, 0.6) is 0 Å². The molecule has 1 heterocycles. The summed E-state index contributed by atoms with van der Waals surface area (Å²) in [7, 11) is 0. The molecule has 0 saturated heterocycles. The zero-order valence-electron chi connectivity index (χ0n) is 9.27. The fraction of sp³-hybridized carbons (Fsp3) is 0.500. The zero-order valence-corrected chi connectivity index (χ0v) is 10.9. The number of anilines is 1. The van der Waals surface area contributed by atoms with Gasteiger partial charge in [-0.2, -0.15) is 0 Å².